The van der Waals surface area contributed by atoms with Gasteiger partial charge in [-0.3, -0.25) is 0 Å². The SMILES string of the molecule is CC(C)(C)Nc1nc(-c2ccccc2)c(-c2ccccc2)c2cc(Br)ccc12. The summed E-state index contributed by atoms with van der Waals surface area (Å²) in [5.41, 5.74) is 4.33. The minimum Gasteiger partial charge on any atom is -0.365 e. The molecule has 0 aliphatic carbocycles. The van der Waals surface area contributed by atoms with Crippen molar-refractivity contribution in [3.05, 3.63) is 83.3 Å². The first-order valence-corrected chi connectivity index (χ1v) is 10.2. The van der Waals surface area contributed by atoms with E-state index in [0.717, 1.165) is 32.5 Å². The summed E-state index contributed by atoms with van der Waals surface area (Å²) in [4.78, 5) is 5.14. The highest BCUT2D eigenvalue weighted by Crippen LogP contribution is 2.41. The molecule has 0 atom stereocenters. The Bertz CT molecular complexity index is 1110. The van der Waals surface area contributed by atoms with Gasteiger partial charge in [-0.2, -0.15) is 0 Å². The molecule has 28 heavy (non-hydrogen) atoms. The molecule has 1 N–H and O–H groups in total. The van der Waals surface area contributed by atoms with Crippen molar-refractivity contribution in [1.29, 1.82) is 0 Å². The molecule has 0 aliphatic rings. The summed E-state index contributed by atoms with van der Waals surface area (Å²) in [5.74, 6) is 0.911. The number of fused-ring (bicyclic) bond motifs is 1. The second-order valence-corrected chi connectivity index (χ2v) is 8.90. The number of hydrogen-bond donors (Lipinski definition) is 1. The van der Waals surface area contributed by atoms with Crippen LogP contribution in [0.15, 0.2) is 83.3 Å². The maximum absolute atomic E-state index is 5.14. The van der Waals surface area contributed by atoms with Gasteiger partial charge in [-0.25, -0.2) is 4.98 Å². The molecule has 140 valence electrons. The van der Waals surface area contributed by atoms with Crippen molar-refractivity contribution in [2.45, 2.75) is 26.3 Å². The molecule has 2 nitrogen and oxygen atoms in total. The van der Waals surface area contributed by atoms with Crippen LogP contribution in [0, 0.1) is 0 Å². The van der Waals surface area contributed by atoms with Crippen LogP contribution in [0.2, 0.25) is 0 Å². The smallest absolute Gasteiger partial charge is 0.135 e. The lowest BCUT2D eigenvalue weighted by molar-refractivity contribution is 0.632. The van der Waals surface area contributed by atoms with E-state index in [-0.39, 0.29) is 5.54 Å². The Morgan fingerprint density at radius 1 is 0.750 bits per heavy atom. The summed E-state index contributed by atoms with van der Waals surface area (Å²) in [6, 6.07) is 27.3. The summed E-state index contributed by atoms with van der Waals surface area (Å²) in [6.45, 7) is 6.48. The van der Waals surface area contributed by atoms with Crippen molar-refractivity contribution in [3.8, 4) is 22.4 Å². The number of aromatic nitrogens is 1. The lowest BCUT2D eigenvalue weighted by Crippen LogP contribution is -2.27. The average molecular weight is 431 g/mol. The van der Waals surface area contributed by atoms with Gasteiger partial charge >= 0.3 is 0 Å². The Morgan fingerprint density at radius 2 is 1.36 bits per heavy atom. The second-order valence-electron chi connectivity index (χ2n) is 7.98. The third-order valence-electron chi connectivity index (χ3n) is 4.57. The molecule has 0 fully saturated rings. The van der Waals surface area contributed by atoms with Gasteiger partial charge in [-0.05, 0) is 49.9 Å². The summed E-state index contributed by atoms with van der Waals surface area (Å²) in [7, 11) is 0. The van der Waals surface area contributed by atoms with Gasteiger partial charge in [-0.15, -0.1) is 0 Å². The molecule has 0 aliphatic heterocycles. The van der Waals surface area contributed by atoms with Crippen LogP contribution in [-0.2, 0) is 0 Å². The second kappa shape index (κ2) is 7.40. The monoisotopic (exact) mass is 430 g/mol. The first-order chi connectivity index (χ1) is 13.4. The number of halogens is 1. The fourth-order valence-corrected chi connectivity index (χ4v) is 3.80. The minimum atomic E-state index is -0.0881. The van der Waals surface area contributed by atoms with E-state index >= 15 is 0 Å². The molecular weight excluding hydrogens is 408 g/mol. The lowest BCUT2D eigenvalue weighted by atomic mass is 9.93. The van der Waals surface area contributed by atoms with E-state index in [1.807, 2.05) is 12.1 Å². The summed E-state index contributed by atoms with van der Waals surface area (Å²) in [6.07, 6.45) is 0. The molecule has 0 radical (unpaired) electrons. The van der Waals surface area contributed by atoms with Crippen molar-refractivity contribution in [3.63, 3.8) is 0 Å². The Balaban J connectivity index is 2.12. The van der Waals surface area contributed by atoms with Gasteiger partial charge in [0, 0.05) is 26.5 Å². The van der Waals surface area contributed by atoms with E-state index < -0.39 is 0 Å². The first kappa shape index (κ1) is 18.7. The zero-order valence-corrected chi connectivity index (χ0v) is 17.9. The van der Waals surface area contributed by atoms with Crippen LogP contribution in [0.25, 0.3) is 33.2 Å². The average Bonchev–Trinajstić information content (AvgIpc) is 2.67. The molecule has 0 unspecified atom stereocenters. The largest absolute Gasteiger partial charge is 0.365 e. The van der Waals surface area contributed by atoms with Gasteiger partial charge in [-0.1, -0.05) is 76.6 Å². The Hall–Kier alpha value is -2.65. The quantitative estimate of drug-likeness (QED) is 0.362. The van der Waals surface area contributed by atoms with Crippen molar-refractivity contribution in [2.24, 2.45) is 0 Å². The van der Waals surface area contributed by atoms with Crippen LogP contribution in [0.4, 0.5) is 5.82 Å². The number of nitrogens with one attached hydrogen (secondary N) is 1. The molecule has 3 aromatic carbocycles. The predicted molar refractivity (Wildman–Crippen MR) is 124 cm³/mol. The fraction of sp³-hybridized carbons (Fsp3) is 0.160. The predicted octanol–water partition coefficient (Wildman–Crippen LogP) is 7.54. The Labute approximate surface area is 174 Å². The lowest BCUT2D eigenvalue weighted by Gasteiger charge is -2.24. The molecule has 0 spiro atoms. The number of pyridine rings is 1. The summed E-state index contributed by atoms with van der Waals surface area (Å²) < 4.78 is 1.06. The molecule has 1 heterocycles. The van der Waals surface area contributed by atoms with Crippen LogP contribution in [0.5, 0.6) is 0 Å². The first-order valence-electron chi connectivity index (χ1n) is 9.45. The van der Waals surface area contributed by atoms with Crippen LogP contribution in [0.3, 0.4) is 0 Å². The third-order valence-corrected chi connectivity index (χ3v) is 5.06. The van der Waals surface area contributed by atoms with E-state index in [9.17, 15) is 0 Å². The van der Waals surface area contributed by atoms with E-state index in [4.69, 9.17) is 4.98 Å². The number of rotatable bonds is 3. The topological polar surface area (TPSA) is 24.9 Å². The molecule has 0 amide bonds. The molecule has 1 aromatic heterocycles. The van der Waals surface area contributed by atoms with E-state index in [1.54, 1.807) is 0 Å². The van der Waals surface area contributed by atoms with Gasteiger partial charge in [0.2, 0.25) is 0 Å². The van der Waals surface area contributed by atoms with Crippen LogP contribution in [0.1, 0.15) is 20.8 Å². The van der Waals surface area contributed by atoms with Crippen LogP contribution in [-0.4, -0.2) is 10.5 Å². The van der Waals surface area contributed by atoms with E-state index in [0.29, 0.717) is 0 Å². The number of hydrogen-bond acceptors (Lipinski definition) is 2. The molecular formula is C25H23BrN2. The third kappa shape index (κ3) is 3.81. The maximum Gasteiger partial charge on any atom is 0.135 e. The molecule has 3 heteroatoms. The minimum absolute atomic E-state index is 0.0881. The summed E-state index contributed by atoms with van der Waals surface area (Å²) >= 11 is 3.67. The highest BCUT2D eigenvalue weighted by molar-refractivity contribution is 9.10. The van der Waals surface area contributed by atoms with Gasteiger partial charge in [0.1, 0.15) is 5.82 Å². The number of benzene rings is 3. The van der Waals surface area contributed by atoms with Crippen molar-refractivity contribution in [1.82, 2.24) is 4.98 Å². The number of nitrogens with zero attached hydrogens (tertiary/aromatic N) is 1. The van der Waals surface area contributed by atoms with Crippen molar-refractivity contribution in [2.75, 3.05) is 5.32 Å². The molecule has 0 bridgehead atoms. The fourth-order valence-electron chi connectivity index (χ4n) is 3.44. The zero-order chi connectivity index (χ0) is 19.7. The molecule has 4 rings (SSSR count). The van der Waals surface area contributed by atoms with Crippen LogP contribution < -0.4 is 5.32 Å². The highest BCUT2D eigenvalue weighted by Gasteiger charge is 2.20. The summed E-state index contributed by atoms with van der Waals surface area (Å²) in [5, 5.41) is 5.91. The van der Waals surface area contributed by atoms with Gasteiger partial charge in [0.05, 0.1) is 5.69 Å². The van der Waals surface area contributed by atoms with E-state index in [2.05, 4.69) is 109 Å². The molecule has 4 aromatic rings. The van der Waals surface area contributed by atoms with Gasteiger partial charge < -0.3 is 5.32 Å². The number of anilines is 1. The maximum atomic E-state index is 5.14. The molecule has 0 saturated heterocycles. The van der Waals surface area contributed by atoms with Crippen molar-refractivity contribution >= 4 is 32.5 Å². The molecule has 0 saturated carbocycles. The van der Waals surface area contributed by atoms with Gasteiger partial charge in [0.15, 0.2) is 0 Å². The normalized spacial score (nSPS) is 11.6. The van der Waals surface area contributed by atoms with E-state index in [1.165, 1.54) is 10.9 Å². The Kier molecular flexibility index (Phi) is 4.94. The highest BCUT2D eigenvalue weighted by atomic mass is 79.9. The zero-order valence-electron chi connectivity index (χ0n) is 16.3. The standard InChI is InChI=1S/C25H23BrN2/c1-25(2,3)28-24-20-15-14-19(26)16-21(20)22(17-10-6-4-7-11-17)23(27-24)18-12-8-5-9-13-18/h4-16H,1-3H3,(H,27,28). The van der Waals surface area contributed by atoms with Gasteiger partial charge in [0.25, 0.3) is 0 Å². The van der Waals surface area contributed by atoms with Crippen molar-refractivity contribution < 1.29 is 0 Å². The van der Waals surface area contributed by atoms with Crippen LogP contribution >= 0.6 is 15.9 Å². The Morgan fingerprint density at radius 3 is 1.96 bits per heavy atom.